The Morgan fingerprint density at radius 3 is 2.25 bits per heavy atom. The monoisotopic (exact) mass is 404 g/mol. The van der Waals surface area contributed by atoms with Crippen molar-refractivity contribution in [3.8, 4) is 0 Å². The Morgan fingerprint density at radius 2 is 1.79 bits per heavy atom. The average molecular weight is 404 g/mol. The predicted octanol–water partition coefficient (Wildman–Crippen LogP) is 2.36. The molecule has 9 heteroatoms. The summed E-state index contributed by atoms with van der Waals surface area (Å²) in [5.41, 5.74) is 0.236. The normalized spacial score (nSPS) is 17.7. The van der Waals surface area contributed by atoms with Crippen molar-refractivity contribution in [2.45, 2.75) is 31.7 Å². The molecule has 2 aromatic rings. The van der Waals surface area contributed by atoms with E-state index in [0.29, 0.717) is 11.5 Å². The second-order valence-electron chi connectivity index (χ2n) is 6.85. The number of carbonyl (C=O) groups excluding carboxylic acids is 2. The Hall–Kier alpha value is -2.91. The van der Waals surface area contributed by atoms with Gasteiger partial charge in [0.25, 0.3) is 5.91 Å². The van der Waals surface area contributed by atoms with Gasteiger partial charge in [0.15, 0.2) is 11.5 Å². The number of nitrogens with zero attached hydrogens (tertiary/aromatic N) is 1. The molecule has 0 radical (unpaired) electrons. The summed E-state index contributed by atoms with van der Waals surface area (Å²) >= 11 is 0. The molecule has 1 aromatic heterocycles. The van der Waals surface area contributed by atoms with Crippen LogP contribution in [0.5, 0.6) is 0 Å². The maximum atomic E-state index is 12.8. The first-order valence-corrected chi connectivity index (χ1v) is 10.1. The molecular formula is C19H20N2O6S. The third-order valence-corrected chi connectivity index (χ3v) is 5.40. The first-order valence-electron chi connectivity index (χ1n) is 8.52. The molecule has 1 aliphatic rings. The van der Waals surface area contributed by atoms with Gasteiger partial charge in [0.1, 0.15) is 17.6 Å². The number of carbonyl (C=O) groups is 2. The van der Waals surface area contributed by atoms with Crippen LogP contribution in [0.3, 0.4) is 0 Å². The molecule has 1 aliphatic heterocycles. The van der Waals surface area contributed by atoms with Crippen LogP contribution in [-0.2, 0) is 19.6 Å². The van der Waals surface area contributed by atoms with Gasteiger partial charge in [-0.25, -0.2) is 13.6 Å². The summed E-state index contributed by atoms with van der Waals surface area (Å²) in [5.74, 6) is -1.36. The number of anilines is 1. The highest BCUT2D eigenvalue weighted by Gasteiger charge is 2.46. The first kappa shape index (κ1) is 19.8. The van der Waals surface area contributed by atoms with Crippen molar-refractivity contribution in [1.29, 1.82) is 0 Å². The smallest absolute Gasteiger partial charge is 0.294 e. The molecule has 1 amide bonds. The summed E-state index contributed by atoms with van der Waals surface area (Å²) in [5, 5.41) is 15.6. The highest BCUT2D eigenvalue weighted by atomic mass is 32.2. The third-order valence-electron chi connectivity index (χ3n) is 4.47. The fourth-order valence-electron chi connectivity index (χ4n) is 3.10. The number of hydrogen-bond donors (Lipinski definition) is 2. The Labute approximate surface area is 162 Å². The summed E-state index contributed by atoms with van der Waals surface area (Å²) < 4.78 is 28.6. The molecular weight excluding hydrogens is 384 g/mol. The standard InChI is InChI=1S/C19H20N2O6S/c1-10(2)17(22)15-16(14-9-4-11(3)27-14)21(19(24)18(15)23)12-5-7-13(8-6-12)28(20,25)26/h4-10,16,23H,1-3H3,(H2,20,25,26). The van der Waals surface area contributed by atoms with Crippen molar-refractivity contribution in [2.24, 2.45) is 11.1 Å². The summed E-state index contributed by atoms with van der Waals surface area (Å²) in [6.45, 7) is 5.06. The van der Waals surface area contributed by atoms with Gasteiger partial charge in [0, 0.05) is 11.6 Å². The Kier molecular flexibility index (Phi) is 4.90. The number of primary sulfonamides is 1. The van der Waals surface area contributed by atoms with Crippen LogP contribution in [0.25, 0.3) is 0 Å². The first-order chi connectivity index (χ1) is 13.0. The van der Waals surface area contributed by atoms with Crippen LogP contribution in [0.4, 0.5) is 5.69 Å². The van der Waals surface area contributed by atoms with Crippen LogP contribution in [0.1, 0.15) is 31.4 Å². The molecule has 0 aliphatic carbocycles. The molecule has 1 aromatic carbocycles. The van der Waals surface area contributed by atoms with Gasteiger partial charge in [0.2, 0.25) is 10.0 Å². The zero-order valence-corrected chi connectivity index (χ0v) is 16.4. The average Bonchev–Trinajstić information content (AvgIpc) is 3.15. The number of benzene rings is 1. The summed E-state index contributed by atoms with van der Waals surface area (Å²) in [6, 6.07) is 7.63. The van der Waals surface area contributed by atoms with E-state index in [-0.39, 0.29) is 21.9 Å². The Balaban J connectivity index is 2.14. The van der Waals surface area contributed by atoms with Gasteiger partial charge < -0.3 is 9.52 Å². The van der Waals surface area contributed by atoms with Gasteiger partial charge in [-0.1, -0.05) is 13.8 Å². The van der Waals surface area contributed by atoms with E-state index in [0.717, 1.165) is 0 Å². The highest BCUT2D eigenvalue weighted by molar-refractivity contribution is 7.89. The number of furan rings is 1. The largest absolute Gasteiger partial charge is 0.503 e. The number of Topliss-reactive ketones (excluding diaryl/α,β-unsaturated/α-hetero) is 1. The Bertz CT molecular complexity index is 1080. The molecule has 1 unspecified atom stereocenters. The lowest BCUT2D eigenvalue weighted by atomic mass is 9.94. The molecule has 0 spiro atoms. The number of aryl methyl sites for hydroxylation is 1. The van der Waals surface area contributed by atoms with E-state index in [4.69, 9.17) is 9.56 Å². The lowest BCUT2D eigenvalue weighted by Gasteiger charge is -2.25. The molecule has 1 atom stereocenters. The van der Waals surface area contributed by atoms with Gasteiger partial charge in [-0.3, -0.25) is 14.5 Å². The summed E-state index contributed by atoms with van der Waals surface area (Å²) in [7, 11) is -3.90. The predicted molar refractivity (Wildman–Crippen MR) is 101 cm³/mol. The van der Waals surface area contributed by atoms with Crippen molar-refractivity contribution in [3.63, 3.8) is 0 Å². The van der Waals surface area contributed by atoms with Crippen molar-refractivity contribution in [1.82, 2.24) is 0 Å². The minimum Gasteiger partial charge on any atom is -0.503 e. The number of ketones is 1. The second kappa shape index (κ2) is 6.92. The van der Waals surface area contributed by atoms with Crippen LogP contribution < -0.4 is 10.0 Å². The molecule has 0 fully saturated rings. The number of aliphatic hydroxyl groups is 1. The van der Waals surface area contributed by atoms with Gasteiger partial charge in [-0.2, -0.15) is 0 Å². The van der Waals surface area contributed by atoms with Crippen LogP contribution in [0.2, 0.25) is 0 Å². The summed E-state index contributed by atoms with van der Waals surface area (Å²) in [6.07, 6.45) is 0. The van der Waals surface area contributed by atoms with Crippen molar-refractivity contribution >= 4 is 27.4 Å². The highest BCUT2D eigenvalue weighted by Crippen LogP contribution is 2.42. The molecule has 0 bridgehead atoms. The quantitative estimate of drug-likeness (QED) is 0.786. The maximum absolute atomic E-state index is 12.8. The van der Waals surface area contributed by atoms with Gasteiger partial charge in [0.05, 0.1) is 10.5 Å². The number of amides is 1. The van der Waals surface area contributed by atoms with Crippen LogP contribution in [-0.4, -0.2) is 25.2 Å². The van der Waals surface area contributed by atoms with Crippen LogP contribution in [0, 0.1) is 12.8 Å². The topological polar surface area (TPSA) is 131 Å². The molecule has 0 saturated heterocycles. The Morgan fingerprint density at radius 1 is 1.18 bits per heavy atom. The lowest BCUT2D eigenvalue weighted by molar-refractivity contribution is -0.119. The van der Waals surface area contributed by atoms with Crippen LogP contribution in [0.15, 0.2) is 57.0 Å². The minimum absolute atomic E-state index is 0.0510. The molecule has 8 nitrogen and oxygen atoms in total. The summed E-state index contributed by atoms with van der Waals surface area (Å²) in [4.78, 5) is 26.6. The number of sulfonamides is 1. The number of aliphatic hydroxyl groups excluding tert-OH is 1. The lowest BCUT2D eigenvalue weighted by Crippen LogP contribution is -2.31. The number of hydrogen-bond acceptors (Lipinski definition) is 6. The van der Waals surface area contributed by atoms with E-state index < -0.39 is 33.6 Å². The zero-order valence-electron chi connectivity index (χ0n) is 15.5. The minimum atomic E-state index is -3.90. The van der Waals surface area contributed by atoms with Gasteiger partial charge >= 0.3 is 0 Å². The fourth-order valence-corrected chi connectivity index (χ4v) is 3.62. The molecule has 2 heterocycles. The zero-order chi connectivity index (χ0) is 20.8. The van der Waals surface area contributed by atoms with Gasteiger partial charge in [-0.05, 0) is 43.3 Å². The van der Waals surface area contributed by atoms with E-state index >= 15 is 0 Å². The molecule has 0 saturated carbocycles. The van der Waals surface area contributed by atoms with Crippen molar-refractivity contribution in [2.75, 3.05) is 4.90 Å². The van der Waals surface area contributed by atoms with Crippen molar-refractivity contribution in [3.05, 3.63) is 59.3 Å². The number of nitrogens with two attached hydrogens (primary N) is 1. The molecule has 3 N–H and O–H groups in total. The second-order valence-corrected chi connectivity index (χ2v) is 8.41. The van der Waals surface area contributed by atoms with E-state index in [1.54, 1.807) is 32.9 Å². The van der Waals surface area contributed by atoms with Gasteiger partial charge in [-0.15, -0.1) is 0 Å². The number of rotatable bonds is 5. The fraction of sp³-hybridized carbons (Fsp3) is 0.263. The van der Waals surface area contributed by atoms with Crippen LogP contribution >= 0.6 is 0 Å². The van der Waals surface area contributed by atoms with E-state index in [1.807, 2.05) is 0 Å². The maximum Gasteiger partial charge on any atom is 0.294 e. The van der Waals surface area contributed by atoms with E-state index in [2.05, 4.69) is 0 Å². The molecule has 3 rings (SSSR count). The molecule has 28 heavy (non-hydrogen) atoms. The third kappa shape index (κ3) is 3.34. The van der Waals surface area contributed by atoms with E-state index in [1.165, 1.54) is 29.2 Å². The molecule has 148 valence electrons. The SMILES string of the molecule is Cc1ccc(C2C(C(=O)C(C)C)=C(O)C(=O)N2c2ccc(S(N)(=O)=O)cc2)o1. The van der Waals surface area contributed by atoms with E-state index in [9.17, 15) is 23.1 Å². The van der Waals surface area contributed by atoms with Crippen molar-refractivity contribution < 1.29 is 27.5 Å².